The number of anilines is 1. The summed E-state index contributed by atoms with van der Waals surface area (Å²) in [5.74, 6) is 0. The Hall–Kier alpha value is -2.86. The minimum Gasteiger partial charge on any atom is -0.349 e. The first-order chi connectivity index (χ1) is 16.0. The van der Waals surface area contributed by atoms with E-state index in [4.69, 9.17) is 21.1 Å². The molecular weight excluding hydrogens is 436 g/mol. The number of urea groups is 1. The molecule has 0 aromatic heterocycles. The number of benzene rings is 3. The zero-order valence-electron chi connectivity index (χ0n) is 19.4. The SMILES string of the molecule is CCOC(OCC)c1ccc(CN(Cc2ccc(Cl)cc2)C(=O)N(C)c2ccccc2)cc1. The third-order valence-electron chi connectivity index (χ3n) is 5.25. The number of amides is 2. The number of ether oxygens (including phenoxy) is 2. The van der Waals surface area contributed by atoms with Crippen molar-refractivity contribution in [2.24, 2.45) is 0 Å². The number of para-hydroxylation sites is 1. The molecule has 3 aromatic carbocycles. The number of carbonyl (C=O) groups excluding carboxylic acids is 1. The van der Waals surface area contributed by atoms with Gasteiger partial charge in [0.25, 0.3) is 0 Å². The number of hydrogen-bond donors (Lipinski definition) is 0. The number of hydrogen-bond acceptors (Lipinski definition) is 3. The third-order valence-corrected chi connectivity index (χ3v) is 5.50. The number of halogens is 1. The van der Waals surface area contributed by atoms with Crippen LogP contribution in [0.25, 0.3) is 0 Å². The van der Waals surface area contributed by atoms with Crippen molar-refractivity contribution >= 4 is 23.3 Å². The van der Waals surface area contributed by atoms with Crippen LogP contribution in [0.15, 0.2) is 78.9 Å². The number of carbonyl (C=O) groups is 1. The molecule has 0 radical (unpaired) electrons. The summed E-state index contributed by atoms with van der Waals surface area (Å²) in [5, 5.41) is 0.673. The lowest BCUT2D eigenvalue weighted by atomic mass is 10.1. The average Bonchev–Trinajstić information content (AvgIpc) is 2.85. The summed E-state index contributed by atoms with van der Waals surface area (Å²) < 4.78 is 11.4. The van der Waals surface area contributed by atoms with Crippen LogP contribution in [-0.2, 0) is 22.6 Å². The summed E-state index contributed by atoms with van der Waals surface area (Å²) in [6.07, 6.45) is -0.384. The molecule has 0 aliphatic rings. The van der Waals surface area contributed by atoms with Crippen LogP contribution in [0.4, 0.5) is 10.5 Å². The van der Waals surface area contributed by atoms with Gasteiger partial charge >= 0.3 is 6.03 Å². The van der Waals surface area contributed by atoms with E-state index in [-0.39, 0.29) is 12.3 Å². The second-order valence-corrected chi connectivity index (χ2v) is 8.08. The topological polar surface area (TPSA) is 42.0 Å². The van der Waals surface area contributed by atoms with Gasteiger partial charge in [0.1, 0.15) is 0 Å². The molecule has 0 heterocycles. The number of nitrogens with zero attached hydrogens (tertiary/aromatic N) is 2. The minimum absolute atomic E-state index is 0.0817. The minimum atomic E-state index is -0.384. The van der Waals surface area contributed by atoms with Crippen LogP contribution in [0.3, 0.4) is 0 Å². The van der Waals surface area contributed by atoms with Crippen molar-refractivity contribution in [2.45, 2.75) is 33.2 Å². The van der Waals surface area contributed by atoms with Gasteiger partial charge in [0.05, 0.1) is 0 Å². The Balaban J connectivity index is 1.81. The lowest BCUT2D eigenvalue weighted by Crippen LogP contribution is -2.40. The van der Waals surface area contributed by atoms with E-state index in [1.165, 1.54) is 0 Å². The highest BCUT2D eigenvalue weighted by molar-refractivity contribution is 6.30. The van der Waals surface area contributed by atoms with E-state index >= 15 is 0 Å². The Morgan fingerprint density at radius 3 is 1.85 bits per heavy atom. The van der Waals surface area contributed by atoms with Crippen molar-refractivity contribution in [3.8, 4) is 0 Å². The van der Waals surface area contributed by atoms with Gasteiger partial charge in [-0.05, 0) is 49.2 Å². The molecular formula is C27H31ClN2O3. The smallest absolute Gasteiger partial charge is 0.324 e. The van der Waals surface area contributed by atoms with Gasteiger partial charge in [-0.1, -0.05) is 66.2 Å². The maximum absolute atomic E-state index is 13.5. The molecule has 0 saturated carbocycles. The predicted octanol–water partition coefficient (Wildman–Crippen LogP) is 6.67. The van der Waals surface area contributed by atoms with E-state index in [9.17, 15) is 4.79 Å². The normalized spacial score (nSPS) is 10.9. The maximum atomic E-state index is 13.5. The molecule has 0 saturated heterocycles. The zero-order valence-corrected chi connectivity index (χ0v) is 20.2. The largest absolute Gasteiger partial charge is 0.349 e. The van der Waals surface area contributed by atoms with Crippen LogP contribution < -0.4 is 4.90 Å². The van der Waals surface area contributed by atoms with Gasteiger partial charge in [-0.15, -0.1) is 0 Å². The fourth-order valence-electron chi connectivity index (χ4n) is 3.52. The molecule has 0 fully saturated rings. The molecule has 0 N–H and O–H groups in total. The summed E-state index contributed by atoms with van der Waals surface area (Å²) >= 11 is 6.05. The molecule has 0 unspecified atom stereocenters. The van der Waals surface area contributed by atoms with E-state index in [1.807, 2.05) is 97.6 Å². The second kappa shape index (κ2) is 12.4. The molecule has 3 aromatic rings. The van der Waals surface area contributed by atoms with Crippen LogP contribution >= 0.6 is 11.6 Å². The van der Waals surface area contributed by atoms with Crippen LogP contribution in [0.1, 0.15) is 36.8 Å². The third kappa shape index (κ3) is 7.06. The van der Waals surface area contributed by atoms with Crippen LogP contribution in [0.5, 0.6) is 0 Å². The van der Waals surface area contributed by atoms with Gasteiger partial charge in [-0.2, -0.15) is 0 Å². The highest BCUT2D eigenvalue weighted by Gasteiger charge is 2.20. The molecule has 0 spiro atoms. The lowest BCUT2D eigenvalue weighted by Gasteiger charge is -2.29. The highest BCUT2D eigenvalue weighted by Crippen LogP contribution is 2.22. The van der Waals surface area contributed by atoms with Crippen LogP contribution in [0.2, 0.25) is 5.02 Å². The summed E-state index contributed by atoms with van der Waals surface area (Å²) in [4.78, 5) is 16.9. The molecule has 0 bridgehead atoms. The monoisotopic (exact) mass is 466 g/mol. The first-order valence-electron chi connectivity index (χ1n) is 11.2. The van der Waals surface area contributed by atoms with Gasteiger partial charge in [0.15, 0.2) is 6.29 Å². The van der Waals surface area contributed by atoms with E-state index in [0.717, 1.165) is 22.4 Å². The van der Waals surface area contributed by atoms with Crippen molar-refractivity contribution in [2.75, 3.05) is 25.2 Å². The van der Waals surface area contributed by atoms with Crippen molar-refractivity contribution < 1.29 is 14.3 Å². The Bertz CT molecular complexity index is 988. The van der Waals surface area contributed by atoms with Crippen molar-refractivity contribution in [3.05, 3.63) is 101 Å². The standard InChI is InChI=1S/C27H31ClN2O3/c1-4-32-26(33-5-2)23-15-11-21(12-16-23)19-30(20-22-13-17-24(28)18-14-22)27(31)29(3)25-9-7-6-8-10-25/h6-18,26H,4-5,19-20H2,1-3H3. The highest BCUT2D eigenvalue weighted by atomic mass is 35.5. The predicted molar refractivity (Wildman–Crippen MR) is 133 cm³/mol. The maximum Gasteiger partial charge on any atom is 0.324 e. The average molecular weight is 467 g/mol. The molecule has 6 heteroatoms. The first-order valence-corrected chi connectivity index (χ1v) is 11.5. The number of rotatable bonds is 10. The Kier molecular flexibility index (Phi) is 9.31. The lowest BCUT2D eigenvalue weighted by molar-refractivity contribution is -0.140. The first kappa shape index (κ1) is 24.8. The molecule has 33 heavy (non-hydrogen) atoms. The molecule has 5 nitrogen and oxygen atoms in total. The van der Waals surface area contributed by atoms with Crippen LogP contribution in [0, 0.1) is 0 Å². The molecule has 3 rings (SSSR count). The summed E-state index contributed by atoms with van der Waals surface area (Å²) in [5.41, 5.74) is 3.84. The van der Waals surface area contributed by atoms with E-state index in [0.29, 0.717) is 31.3 Å². The Morgan fingerprint density at radius 1 is 0.818 bits per heavy atom. The van der Waals surface area contributed by atoms with Gasteiger partial charge in [0.2, 0.25) is 0 Å². The van der Waals surface area contributed by atoms with Crippen molar-refractivity contribution in [1.82, 2.24) is 4.90 Å². The van der Waals surface area contributed by atoms with Crippen molar-refractivity contribution in [1.29, 1.82) is 0 Å². The van der Waals surface area contributed by atoms with E-state index in [2.05, 4.69) is 0 Å². The molecule has 0 aliphatic heterocycles. The summed E-state index contributed by atoms with van der Waals surface area (Å²) in [6, 6.07) is 25.2. The summed E-state index contributed by atoms with van der Waals surface area (Å²) in [7, 11) is 1.80. The Labute approximate surface area is 201 Å². The molecule has 2 amide bonds. The summed E-state index contributed by atoms with van der Waals surface area (Å²) in [6.45, 7) is 5.97. The second-order valence-electron chi connectivity index (χ2n) is 7.64. The van der Waals surface area contributed by atoms with Gasteiger partial charge in [-0.3, -0.25) is 4.90 Å². The quantitative estimate of drug-likeness (QED) is 0.313. The van der Waals surface area contributed by atoms with E-state index < -0.39 is 0 Å². The van der Waals surface area contributed by atoms with Gasteiger partial charge in [-0.25, -0.2) is 4.79 Å². The Morgan fingerprint density at radius 2 is 1.33 bits per heavy atom. The van der Waals surface area contributed by atoms with Crippen molar-refractivity contribution in [3.63, 3.8) is 0 Å². The molecule has 0 atom stereocenters. The molecule has 0 aliphatic carbocycles. The fraction of sp³-hybridized carbons (Fsp3) is 0.296. The molecule has 174 valence electrons. The van der Waals surface area contributed by atoms with E-state index in [1.54, 1.807) is 11.9 Å². The zero-order chi connectivity index (χ0) is 23.6. The fourth-order valence-corrected chi connectivity index (χ4v) is 3.65. The van der Waals surface area contributed by atoms with Crippen LogP contribution in [-0.4, -0.2) is 31.2 Å². The van der Waals surface area contributed by atoms with Gasteiger partial charge < -0.3 is 14.4 Å². The van der Waals surface area contributed by atoms with Gasteiger partial charge in [0, 0.05) is 49.6 Å².